The van der Waals surface area contributed by atoms with E-state index in [9.17, 15) is 0 Å². The topological polar surface area (TPSA) is 61.0 Å². The van der Waals surface area contributed by atoms with Crippen molar-refractivity contribution in [2.75, 3.05) is 7.11 Å². The second kappa shape index (κ2) is 6.63. The van der Waals surface area contributed by atoms with Crippen LogP contribution in [0.25, 0.3) is 0 Å². The van der Waals surface area contributed by atoms with Crippen LogP contribution in [0.15, 0.2) is 41.3 Å². The largest absolute Gasteiger partial charge is 0.481 e. The highest BCUT2D eigenvalue weighted by Crippen LogP contribution is 2.13. The van der Waals surface area contributed by atoms with Gasteiger partial charge in [0.1, 0.15) is 0 Å². The summed E-state index contributed by atoms with van der Waals surface area (Å²) in [6.07, 6.45) is 6.99. The van der Waals surface area contributed by atoms with Crippen molar-refractivity contribution in [2.24, 2.45) is 5.73 Å². The van der Waals surface area contributed by atoms with Crippen LogP contribution in [0.5, 0.6) is 5.88 Å². The van der Waals surface area contributed by atoms with E-state index in [1.165, 1.54) is 0 Å². The molecule has 1 atom stereocenters. The van der Waals surface area contributed by atoms with Crippen molar-refractivity contribution in [2.45, 2.75) is 18.9 Å². The average Bonchev–Trinajstić information content (AvgIpc) is 2.39. The van der Waals surface area contributed by atoms with Gasteiger partial charge >= 0.3 is 0 Å². The molecule has 0 saturated heterocycles. The summed E-state index contributed by atoms with van der Waals surface area (Å²) in [5.41, 5.74) is 8.39. The van der Waals surface area contributed by atoms with E-state index in [2.05, 4.69) is 25.9 Å². The van der Waals surface area contributed by atoms with Crippen LogP contribution in [0, 0.1) is 0 Å². The number of pyridine rings is 2. The molecule has 0 radical (unpaired) electrons. The molecule has 0 bridgehead atoms. The number of methoxy groups -OCH3 is 1. The Balaban J connectivity index is 1.95. The first-order valence-electron chi connectivity index (χ1n) is 6.01. The molecule has 5 heteroatoms. The van der Waals surface area contributed by atoms with E-state index in [1.54, 1.807) is 19.5 Å². The Hall–Kier alpha value is -1.46. The van der Waals surface area contributed by atoms with Gasteiger partial charge < -0.3 is 10.5 Å². The molecule has 0 aliphatic carbocycles. The summed E-state index contributed by atoms with van der Waals surface area (Å²) in [5.74, 6) is 0.619. The molecule has 0 aromatic carbocycles. The minimum atomic E-state index is 0.0475. The molecule has 0 spiro atoms. The zero-order chi connectivity index (χ0) is 13.7. The van der Waals surface area contributed by atoms with Crippen LogP contribution in [0.3, 0.4) is 0 Å². The van der Waals surface area contributed by atoms with Crippen molar-refractivity contribution in [1.29, 1.82) is 0 Å². The van der Waals surface area contributed by atoms with Crippen molar-refractivity contribution in [1.82, 2.24) is 9.97 Å². The molecule has 0 saturated carbocycles. The monoisotopic (exact) mass is 321 g/mol. The highest BCUT2D eigenvalue weighted by Gasteiger charge is 2.07. The predicted molar refractivity (Wildman–Crippen MR) is 78.1 cm³/mol. The molecule has 100 valence electrons. The first-order valence-corrected chi connectivity index (χ1v) is 6.80. The molecule has 1 unspecified atom stereocenters. The van der Waals surface area contributed by atoms with Crippen molar-refractivity contribution >= 4 is 15.9 Å². The van der Waals surface area contributed by atoms with E-state index < -0.39 is 0 Å². The zero-order valence-electron chi connectivity index (χ0n) is 10.7. The summed E-state index contributed by atoms with van der Waals surface area (Å²) in [4.78, 5) is 8.31. The quantitative estimate of drug-likeness (QED) is 0.918. The van der Waals surface area contributed by atoms with E-state index in [0.717, 1.165) is 28.4 Å². The smallest absolute Gasteiger partial charge is 0.212 e. The first kappa shape index (κ1) is 14.0. The number of halogens is 1. The van der Waals surface area contributed by atoms with E-state index in [4.69, 9.17) is 10.5 Å². The molecule has 19 heavy (non-hydrogen) atoms. The van der Waals surface area contributed by atoms with E-state index >= 15 is 0 Å². The van der Waals surface area contributed by atoms with Crippen molar-refractivity contribution < 1.29 is 4.74 Å². The third-order valence-corrected chi connectivity index (χ3v) is 3.20. The molecular formula is C14H16BrN3O. The van der Waals surface area contributed by atoms with Gasteiger partial charge in [-0.25, -0.2) is 4.98 Å². The van der Waals surface area contributed by atoms with Crippen LogP contribution in [0.4, 0.5) is 0 Å². The first-order chi connectivity index (χ1) is 9.17. The Bertz CT molecular complexity index is 530. The van der Waals surface area contributed by atoms with Crippen molar-refractivity contribution in [3.63, 3.8) is 0 Å². The zero-order valence-corrected chi connectivity index (χ0v) is 12.3. The predicted octanol–water partition coefficient (Wildman–Crippen LogP) is 2.36. The third kappa shape index (κ3) is 4.29. The molecule has 2 aromatic rings. The lowest BCUT2D eigenvalue weighted by atomic mass is 10.0. The maximum absolute atomic E-state index is 6.16. The second-order valence-corrected chi connectivity index (χ2v) is 5.30. The molecule has 0 aliphatic heterocycles. The van der Waals surface area contributed by atoms with Gasteiger partial charge in [0.25, 0.3) is 0 Å². The Morgan fingerprint density at radius 3 is 2.63 bits per heavy atom. The van der Waals surface area contributed by atoms with Gasteiger partial charge in [-0.2, -0.15) is 0 Å². The van der Waals surface area contributed by atoms with Crippen LogP contribution >= 0.6 is 15.9 Å². The fourth-order valence-corrected chi connectivity index (χ4v) is 2.31. The number of rotatable bonds is 5. The molecule has 2 aromatic heterocycles. The van der Waals surface area contributed by atoms with Gasteiger partial charge in [-0.05, 0) is 46.0 Å². The number of nitrogens with zero attached hydrogens (tertiary/aromatic N) is 2. The number of aromatic nitrogens is 2. The molecule has 0 fully saturated rings. The van der Waals surface area contributed by atoms with Crippen LogP contribution in [-0.2, 0) is 12.8 Å². The molecule has 2 rings (SSSR count). The standard InChI is InChI=1S/C14H16BrN3O/c1-19-14-3-2-10(8-18-14)5-13(16)6-11-4-12(15)9-17-7-11/h2-4,7-9,13H,5-6,16H2,1H3. The molecule has 2 heterocycles. The lowest BCUT2D eigenvalue weighted by Gasteiger charge is -2.11. The Labute approximate surface area is 121 Å². The van der Waals surface area contributed by atoms with Gasteiger partial charge in [0.05, 0.1) is 7.11 Å². The van der Waals surface area contributed by atoms with Crippen molar-refractivity contribution in [3.8, 4) is 5.88 Å². The van der Waals surface area contributed by atoms with Crippen LogP contribution in [0.1, 0.15) is 11.1 Å². The van der Waals surface area contributed by atoms with Gasteiger partial charge in [-0.1, -0.05) is 6.07 Å². The summed E-state index contributed by atoms with van der Waals surface area (Å²) in [6.45, 7) is 0. The van der Waals surface area contributed by atoms with E-state index in [0.29, 0.717) is 5.88 Å². The Morgan fingerprint density at radius 1 is 1.21 bits per heavy atom. The molecular weight excluding hydrogens is 306 g/mol. The minimum absolute atomic E-state index is 0.0475. The molecule has 2 N–H and O–H groups in total. The van der Waals surface area contributed by atoms with E-state index in [1.807, 2.05) is 24.4 Å². The van der Waals surface area contributed by atoms with Gasteiger partial charge in [0.15, 0.2) is 0 Å². The molecule has 0 aliphatic rings. The summed E-state index contributed by atoms with van der Waals surface area (Å²) in [5, 5.41) is 0. The second-order valence-electron chi connectivity index (χ2n) is 4.39. The normalized spacial score (nSPS) is 12.2. The highest BCUT2D eigenvalue weighted by atomic mass is 79.9. The maximum Gasteiger partial charge on any atom is 0.212 e. The minimum Gasteiger partial charge on any atom is -0.481 e. The summed E-state index contributed by atoms with van der Waals surface area (Å²) in [7, 11) is 1.61. The SMILES string of the molecule is COc1ccc(CC(N)Cc2cncc(Br)c2)cn1. The van der Waals surface area contributed by atoms with E-state index in [-0.39, 0.29) is 6.04 Å². The molecule has 0 amide bonds. The number of ether oxygens (including phenoxy) is 1. The highest BCUT2D eigenvalue weighted by molar-refractivity contribution is 9.10. The lowest BCUT2D eigenvalue weighted by Crippen LogP contribution is -2.25. The van der Waals surface area contributed by atoms with Crippen LogP contribution in [-0.4, -0.2) is 23.1 Å². The summed E-state index contributed by atoms with van der Waals surface area (Å²) < 4.78 is 6.00. The van der Waals surface area contributed by atoms with Gasteiger partial charge in [-0.3, -0.25) is 4.98 Å². The Kier molecular flexibility index (Phi) is 4.87. The Morgan fingerprint density at radius 2 is 2.00 bits per heavy atom. The average molecular weight is 322 g/mol. The summed E-state index contributed by atoms with van der Waals surface area (Å²) >= 11 is 3.41. The number of hydrogen-bond acceptors (Lipinski definition) is 4. The third-order valence-electron chi connectivity index (χ3n) is 2.76. The van der Waals surface area contributed by atoms with Crippen molar-refractivity contribution in [3.05, 3.63) is 52.4 Å². The molecule has 4 nitrogen and oxygen atoms in total. The number of hydrogen-bond donors (Lipinski definition) is 1. The van der Waals surface area contributed by atoms with Gasteiger partial charge in [-0.15, -0.1) is 0 Å². The van der Waals surface area contributed by atoms with Crippen LogP contribution in [0.2, 0.25) is 0 Å². The fraction of sp³-hybridized carbons (Fsp3) is 0.286. The van der Waals surface area contributed by atoms with Gasteiger partial charge in [0, 0.05) is 35.2 Å². The maximum atomic E-state index is 6.16. The number of nitrogens with two attached hydrogens (primary N) is 1. The van der Waals surface area contributed by atoms with Crippen LogP contribution < -0.4 is 10.5 Å². The lowest BCUT2D eigenvalue weighted by molar-refractivity contribution is 0.397. The fourth-order valence-electron chi connectivity index (χ4n) is 1.90. The summed E-state index contributed by atoms with van der Waals surface area (Å²) in [6, 6.07) is 5.93. The van der Waals surface area contributed by atoms with Gasteiger partial charge in [0.2, 0.25) is 5.88 Å².